The Bertz CT molecular complexity index is 1150. The molecule has 1 saturated heterocycles. The molecule has 0 bridgehead atoms. The van der Waals surface area contributed by atoms with Crippen LogP contribution in [-0.4, -0.2) is 61.7 Å². The van der Waals surface area contributed by atoms with Crippen molar-refractivity contribution in [2.45, 2.75) is 25.8 Å². The topological polar surface area (TPSA) is 59.3 Å². The third kappa shape index (κ3) is 4.10. The fourth-order valence-corrected chi connectivity index (χ4v) is 4.31. The summed E-state index contributed by atoms with van der Waals surface area (Å²) < 4.78 is 12.4. The average Bonchev–Trinajstić information content (AvgIpc) is 2.79. The number of hydrogen-bond acceptors (Lipinski definition) is 6. The molecule has 4 rings (SSSR count). The van der Waals surface area contributed by atoms with Gasteiger partial charge in [-0.3, -0.25) is 9.20 Å². The van der Waals surface area contributed by atoms with E-state index >= 15 is 0 Å². The van der Waals surface area contributed by atoms with Crippen LogP contribution in [0.4, 0.5) is 5.69 Å². The zero-order valence-electron chi connectivity index (χ0n) is 18.9. The van der Waals surface area contributed by atoms with Crippen LogP contribution in [0.25, 0.3) is 16.9 Å². The maximum Gasteiger partial charge on any atom is 0.258 e. The third-order valence-corrected chi connectivity index (χ3v) is 6.17. The van der Waals surface area contributed by atoms with Crippen LogP contribution in [0.3, 0.4) is 0 Å². The number of aryl methyl sites for hydroxylation is 1. The molecular weight excluding hydrogens is 392 g/mol. The number of rotatable bonds is 5. The predicted octanol–water partition coefficient (Wildman–Crippen LogP) is 3.22. The summed E-state index contributed by atoms with van der Waals surface area (Å²) in [7, 11) is 7.48. The first-order chi connectivity index (χ1) is 14.9. The van der Waals surface area contributed by atoms with Crippen molar-refractivity contribution in [3.05, 3.63) is 52.4 Å². The van der Waals surface area contributed by atoms with Crippen molar-refractivity contribution in [1.29, 1.82) is 0 Å². The van der Waals surface area contributed by atoms with E-state index in [1.54, 1.807) is 24.7 Å². The summed E-state index contributed by atoms with van der Waals surface area (Å²) in [6, 6.07) is 9.89. The average molecular weight is 423 g/mol. The Kier molecular flexibility index (Phi) is 5.87. The Hall–Kier alpha value is -3.06. The molecule has 1 aliphatic heterocycles. The number of nitrogens with zero attached hydrogens (tertiary/aromatic N) is 4. The van der Waals surface area contributed by atoms with Crippen LogP contribution in [-0.2, 0) is 0 Å². The smallest absolute Gasteiger partial charge is 0.258 e. The molecule has 0 spiro atoms. The molecule has 0 atom stereocenters. The third-order valence-electron chi connectivity index (χ3n) is 6.17. The van der Waals surface area contributed by atoms with Gasteiger partial charge in [-0.1, -0.05) is 0 Å². The minimum absolute atomic E-state index is 0.0945. The second kappa shape index (κ2) is 8.59. The van der Waals surface area contributed by atoms with E-state index in [-0.39, 0.29) is 5.56 Å². The molecule has 0 saturated carbocycles. The molecule has 0 aliphatic carbocycles. The van der Waals surface area contributed by atoms with E-state index in [1.807, 2.05) is 31.3 Å². The van der Waals surface area contributed by atoms with Crippen molar-refractivity contribution in [2.24, 2.45) is 0 Å². The van der Waals surface area contributed by atoms with Gasteiger partial charge >= 0.3 is 0 Å². The van der Waals surface area contributed by atoms with Crippen molar-refractivity contribution < 1.29 is 9.47 Å². The molecule has 2 aromatic heterocycles. The molecular formula is C24H30N4O3. The zero-order chi connectivity index (χ0) is 22.1. The highest BCUT2D eigenvalue weighted by Crippen LogP contribution is 2.32. The summed E-state index contributed by atoms with van der Waals surface area (Å²) >= 11 is 0. The van der Waals surface area contributed by atoms with Crippen molar-refractivity contribution in [2.75, 3.05) is 46.3 Å². The largest absolute Gasteiger partial charge is 0.493 e. The number of aromatic nitrogens is 2. The zero-order valence-corrected chi connectivity index (χ0v) is 18.9. The molecule has 0 N–H and O–H groups in total. The molecule has 1 aromatic carbocycles. The van der Waals surface area contributed by atoms with Gasteiger partial charge in [-0.15, -0.1) is 0 Å². The molecule has 7 nitrogen and oxygen atoms in total. The van der Waals surface area contributed by atoms with Crippen molar-refractivity contribution in [1.82, 2.24) is 14.3 Å². The SMILES string of the molecule is COc1ccc(-c2cc(=O)n3cc(N4CCC(N(C)C)CC4)cc(C)c3n2)cc1OC. The standard InChI is InChI=1S/C24H30N4O3/c1-16-12-19(27-10-8-18(9-11-27)26(2)3)15-28-23(29)14-20(25-24(16)28)17-6-7-21(30-4)22(13-17)31-5/h6-7,12-15,18H,8-11H2,1-5H3. The molecule has 0 unspecified atom stereocenters. The van der Waals surface area contributed by atoms with E-state index in [4.69, 9.17) is 14.5 Å². The van der Waals surface area contributed by atoms with Crippen LogP contribution < -0.4 is 19.9 Å². The van der Waals surface area contributed by atoms with Gasteiger partial charge in [0.1, 0.15) is 5.65 Å². The Labute approximate surface area is 182 Å². The van der Waals surface area contributed by atoms with E-state index in [1.165, 1.54) is 0 Å². The quantitative estimate of drug-likeness (QED) is 0.629. The maximum atomic E-state index is 13.0. The number of anilines is 1. The summed E-state index contributed by atoms with van der Waals surface area (Å²) in [5, 5.41) is 0. The van der Waals surface area contributed by atoms with Gasteiger partial charge in [0, 0.05) is 37.0 Å². The predicted molar refractivity (Wildman–Crippen MR) is 124 cm³/mol. The van der Waals surface area contributed by atoms with Gasteiger partial charge in [-0.25, -0.2) is 4.98 Å². The van der Waals surface area contributed by atoms with Crippen molar-refractivity contribution in [3.8, 4) is 22.8 Å². The summed E-state index contributed by atoms with van der Waals surface area (Å²) in [6.07, 6.45) is 4.16. The molecule has 1 aliphatic rings. The maximum absolute atomic E-state index is 13.0. The molecule has 7 heteroatoms. The van der Waals surface area contributed by atoms with Gasteiger partial charge in [-0.05, 0) is 63.7 Å². The lowest BCUT2D eigenvalue weighted by Gasteiger charge is -2.36. The van der Waals surface area contributed by atoms with E-state index in [0.717, 1.165) is 42.7 Å². The Morgan fingerprint density at radius 1 is 1.03 bits per heavy atom. The van der Waals surface area contributed by atoms with Gasteiger partial charge in [0.2, 0.25) is 0 Å². The Morgan fingerprint density at radius 2 is 1.74 bits per heavy atom. The fraction of sp³-hybridized carbons (Fsp3) is 0.417. The minimum atomic E-state index is -0.0945. The summed E-state index contributed by atoms with van der Waals surface area (Å²) in [4.78, 5) is 22.5. The number of pyridine rings is 1. The summed E-state index contributed by atoms with van der Waals surface area (Å²) in [5.74, 6) is 1.25. The van der Waals surface area contributed by atoms with Crippen LogP contribution in [0.1, 0.15) is 18.4 Å². The highest BCUT2D eigenvalue weighted by atomic mass is 16.5. The van der Waals surface area contributed by atoms with Gasteiger partial charge in [-0.2, -0.15) is 0 Å². The highest BCUT2D eigenvalue weighted by molar-refractivity contribution is 5.67. The first-order valence-corrected chi connectivity index (χ1v) is 10.6. The molecule has 0 amide bonds. The number of ether oxygens (including phenoxy) is 2. The summed E-state index contributed by atoms with van der Waals surface area (Å²) in [5.41, 5.74) is 4.06. The van der Waals surface area contributed by atoms with E-state index in [2.05, 4.69) is 30.0 Å². The van der Waals surface area contributed by atoms with Crippen molar-refractivity contribution >= 4 is 11.3 Å². The van der Waals surface area contributed by atoms with Crippen LogP contribution in [0, 0.1) is 6.92 Å². The first-order valence-electron chi connectivity index (χ1n) is 10.6. The molecule has 0 radical (unpaired) electrons. The molecule has 31 heavy (non-hydrogen) atoms. The normalized spacial score (nSPS) is 15.0. The van der Waals surface area contributed by atoms with Crippen LogP contribution in [0.15, 0.2) is 41.3 Å². The first kappa shape index (κ1) is 21.2. The van der Waals surface area contributed by atoms with Crippen LogP contribution in [0.2, 0.25) is 0 Å². The number of fused-ring (bicyclic) bond motifs is 1. The highest BCUT2D eigenvalue weighted by Gasteiger charge is 2.22. The van der Waals surface area contributed by atoms with Gasteiger partial charge in [0.15, 0.2) is 11.5 Å². The van der Waals surface area contributed by atoms with Gasteiger partial charge < -0.3 is 19.3 Å². The second-order valence-corrected chi connectivity index (χ2v) is 8.31. The summed E-state index contributed by atoms with van der Waals surface area (Å²) in [6.45, 7) is 3.98. The lowest BCUT2D eigenvalue weighted by Crippen LogP contribution is -2.42. The van der Waals surface area contributed by atoms with Gasteiger partial charge in [0.05, 0.1) is 25.6 Å². The van der Waals surface area contributed by atoms with Crippen molar-refractivity contribution in [3.63, 3.8) is 0 Å². The Balaban J connectivity index is 1.70. The van der Waals surface area contributed by atoms with Crippen LogP contribution in [0.5, 0.6) is 11.5 Å². The number of methoxy groups -OCH3 is 2. The lowest BCUT2D eigenvalue weighted by atomic mass is 10.0. The molecule has 3 heterocycles. The van der Waals surface area contributed by atoms with E-state index < -0.39 is 0 Å². The van der Waals surface area contributed by atoms with E-state index in [9.17, 15) is 4.79 Å². The molecule has 3 aromatic rings. The second-order valence-electron chi connectivity index (χ2n) is 8.31. The lowest BCUT2D eigenvalue weighted by molar-refractivity contribution is 0.249. The molecule has 1 fully saturated rings. The Morgan fingerprint density at radius 3 is 2.39 bits per heavy atom. The number of piperidine rings is 1. The monoisotopic (exact) mass is 422 g/mol. The van der Waals surface area contributed by atoms with E-state index in [0.29, 0.717) is 28.9 Å². The number of hydrogen-bond donors (Lipinski definition) is 0. The minimum Gasteiger partial charge on any atom is -0.493 e. The fourth-order valence-electron chi connectivity index (χ4n) is 4.31. The van der Waals surface area contributed by atoms with Crippen LogP contribution >= 0.6 is 0 Å². The van der Waals surface area contributed by atoms with Gasteiger partial charge in [0.25, 0.3) is 5.56 Å². The number of benzene rings is 1. The molecule has 164 valence electrons.